The van der Waals surface area contributed by atoms with Crippen molar-refractivity contribution in [2.24, 2.45) is 17.8 Å². The average molecular weight is 451 g/mol. The molecule has 3 aliphatic rings. The summed E-state index contributed by atoms with van der Waals surface area (Å²) in [6, 6.07) is 10.3. The van der Waals surface area contributed by atoms with Crippen molar-refractivity contribution < 1.29 is 14.3 Å². The smallest absolute Gasteiger partial charge is 0.410 e. The topological polar surface area (TPSA) is 58.6 Å². The van der Waals surface area contributed by atoms with Gasteiger partial charge in [-0.05, 0) is 82.6 Å². The average Bonchev–Trinajstić information content (AvgIpc) is 2.91. The second-order valence-electron chi connectivity index (χ2n) is 10.9. The summed E-state index contributed by atoms with van der Waals surface area (Å²) in [4.78, 5) is 27.5. The van der Waals surface area contributed by atoms with Gasteiger partial charge in [-0.2, -0.15) is 0 Å². The molecule has 1 aromatic carbocycles. The second-order valence-corrected chi connectivity index (χ2v) is 10.9. The Morgan fingerprint density at radius 2 is 1.82 bits per heavy atom. The van der Waals surface area contributed by atoms with Crippen molar-refractivity contribution >= 4 is 12.0 Å². The fourth-order valence-electron chi connectivity index (χ4n) is 5.16. The van der Waals surface area contributed by atoms with Gasteiger partial charge in [-0.3, -0.25) is 4.79 Å². The second kappa shape index (κ2) is 10.1. The van der Waals surface area contributed by atoms with Gasteiger partial charge in [0.2, 0.25) is 5.91 Å². The van der Waals surface area contributed by atoms with E-state index in [1.54, 1.807) is 0 Å². The van der Waals surface area contributed by atoms with Crippen LogP contribution in [0.15, 0.2) is 54.1 Å². The molecule has 1 saturated heterocycles. The number of amides is 2. The van der Waals surface area contributed by atoms with Gasteiger partial charge in [-0.1, -0.05) is 48.6 Å². The fourth-order valence-corrected chi connectivity index (χ4v) is 5.16. The molecule has 1 saturated carbocycles. The summed E-state index contributed by atoms with van der Waals surface area (Å²) >= 11 is 0. The van der Waals surface area contributed by atoms with Gasteiger partial charge in [0.15, 0.2) is 0 Å². The fraction of sp³-hybridized carbons (Fsp3) is 0.571. The first-order chi connectivity index (χ1) is 15.8. The maximum atomic E-state index is 13.2. The minimum atomic E-state index is -0.474. The molecular formula is C28H38N2O3. The van der Waals surface area contributed by atoms with E-state index in [1.807, 2.05) is 49.9 Å². The first kappa shape index (κ1) is 23.6. The normalized spacial score (nSPS) is 24.1. The molecule has 0 aromatic heterocycles. The van der Waals surface area contributed by atoms with Crippen molar-refractivity contribution in [2.45, 2.75) is 70.9 Å². The third kappa shape index (κ3) is 6.27. The number of nitrogens with one attached hydrogen (secondary N) is 1. The Balaban J connectivity index is 1.37. The van der Waals surface area contributed by atoms with E-state index in [0.29, 0.717) is 30.8 Å². The summed E-state index contributed by atoms with van der Waals surface area (Å²) in [5, 5.41) is 3.36. The van der Waals surface area contributed by atoms with Crippen molar-refractivity contribution in [2.75, 3.05) is 13.1 Å². The first-order valence-electron chi connectivity index (χ1n) is 12.5. The molecule has 2 fully saturated rings. The molecule has 5 nitrogen and oxygen atoms in total. The number of likely N-dealkylation sites (tertiary alicyclic amines) is 1. The Bertz CT molecular complexity index is 891. The van der Waals surface area contributed by atoms with Crippen molar-refractivity contribution in [3.63, 3.8) is 0 Å². The van der Waals surface area contributed by atoms with Gasteiger partial charge in [0, 0.05) is 18.7 Å². The van der Waals surface area contributed by atoms with Crippen LogP contribution in [0.5, 0.6) is 0 Å². The molecule has 2 amide bonds. The Kier molecular flexibility index (Phi) is 7.26. The summed E-state index contributed by atoms with van der Waals surface area (Å²) in [5.74, 6) is 1.78. The van der Waals surface area contributed by atoms with Gasteiger partial charge in [0.05, 0.1) is 6.04 Å². The third-order valence-corrected chi connectivity index (χ3v) is 7.25. The zero-order valence-corrected chi connectivity index (χ0v) is 20.3. The highest BCUT2D eigenvalue weighted by atomic mass is 16.6. The molecule has 1 heterocycles. The summed E-state index contributed by atoms with van der Waals surface area (Å²) in [6.07, 6.45) is 12.2. The number of rotatable bonds is 5. The standard InChI is InChI=1S/C28H38N2O3/c1-28(2,3)33-27(32)30-16-14-20(15-17-30)18-25(22-8-5-4-6-9-22)29-26(31)24-11-7-10-21-12-13-23(21)19-24/h4-11,20-21,23,25H,12-19H2,1-3H3,(H,29,31). The van der Waals surface area contributed by atoms with Gasteiger partial charge < -0.3 is 15.0 Å². The monoisotopic (exact) mass is 450 g/mol. The SMILES string of the molecule is CC(C)(C)OC(=O)N1CCC(CC(NC(=O)C2=CC=CC3CCC3C2)c2ccccc2)CC1. The van der Waals surface area contributed by atoms with Crippen molar-refractivity contribution in [3.8, 4) is 0 Å². The number of hydrogen-bond donors (Lipinski definition) is 1. The lowest BCUT2D eigenvalue weighted by Gasteiger charge is -2.35. The number of nitrogens with zero attached hydrogens (tertiary/aromatic N) is 1. The predicted octanol–water partition coefficient (Wildman–Crippen LogP) is 5.79. The third-order valence-electron chi connectivity index (χ3n) is 7.25. The van der Waals surface area contributed by atoms with Crippen LogP contribution in [0.3, 0.4) is 0 Å². The Labute approximate surface area is 198 Å². The van der Waals surface area contributed by atoms with Crippen LogP contribution >= 0.6 is 0 Å². The van der Waals surface area contributed by atoms with E-state index in [1.165, 1.54) is 12.8 Å². The predicted molar refractivity (Wildman–Crippen MR) is 131 cm³/mol. The number of carbonyl (C=O) groups excluding carboxylic acids is 2. The zero-order valence-electron chi connectivity index (χ0n) is 20.3. The summed E-state index contributed by atoms with van der Waals surface area (Å²) in [5.41, 5.74) is 1.57. The van der Waals surface area contributed by atoms with Crippen LogP contribution in [0.2, 0.25) is 0 Å². The molecule has 3 atom stereocenters. The van der Waals surface area contributed by atoms with Gasteiger partial charge in [0.1, 0.15) is 5.60 Å². The molecule has 0 spiro atoms. The molecule has 2 aliphatic carbocycles. The maximum absolute atomic E-state index is 13.2. The molecule has 33 heavy (non-hydrogen) atoms. The molecule has 178 valence electrons. The Morgan fingerprint density at radius 3 is 2.45 bits per heavy atom. The van der Waals surface area contributed by atoms with E-state index in [9.17, 15) is 9.59 Å². The van der Waals surface area contributed by atoms with Crippen LogP contribution < -0.4 is 5.32 Å². The number of fused-ring (bicyclic) bond motifs is 1. The molecule has 5 heteroatoms. The molecule has 3 unspecified atom stereocenters. The molecule has 4 rings (SSSR count). The van der Waals surface area contributed by atoms with Crippen LogP contribution in [0.4, 0.5) is 4.79 Å². The van der Waals surface area contributed by atoms with E-state index in [4.69, 9.17) is 4.74 Å². The molecule has 0 bridgehead atoms. The van der Waals surface area contributed by atoms with Crippen molar-refractivity contribution in [3.05, 3.63) is 59.7 Å². The lowest BCUT2D eigenvalue weighted by Crippen LogP contribution is -2.42. The van der Waals surface area contributed by atoms with E-state index in [0.717, 1.165) is 36.8 Å². The minimum absolute atomic E-state index is 0.0258. The van der Waals surface area contributed by atoms with Crippen LogP contribution in [-0.2, 0) is 9.53 Å². The van der Waals surface area contributed by atoms with E-state index in [2.05, 4.69) is 29.6 Å². The van der Waals surface area contributed by atoms with Gasteiger partial charge in [-0.25, -0.2) is 4.79 Å². The number of carbonyl (C=O) groups is 2. The molecule has 1 N–H and O–H groups in total. The highest BCUT2D eigenvalue weighted by Gasteiger charge is 2.33. The lowest BCUT2D eigenvalue weighted by molar-refractivity contribution is -0.118. The minimum Gasteiger partial charge on any atom is -0.444 e. The maximum Gasteiger partial charge on any atom is 0.410 e. The molecule has 0 radical (unpaired) electrons. The number of piperidine rings is 1. The van der Waals surface area contributed by atoms with Crippen molar-refractivity contribution in [1.29, 1.82) is 0 Å². The van der Waals surface area contributed by atoms with Gasteiger partial charge in [0.25, 0.3) is 0 Å². The van der Waals surface area contributed by atoms with E-state index in [-0.39, 0.29) is 18.0 Å². The van der Waals surface area contributed by atoms with Crippen molar-refractivity contribution in [1.82, 2.24) is 10.2 Å². The van der Waals surface area contributed by atoms with Crippen LogP contribution in [0.1, 0.15) is 70.9 Å². The number of benzene rings is 1. The quantitative estimate of drug-likeness (QED) is 0.617. The number of allylic oxidation sites excluding steroid dienone is 3. The molecule has 1 aliphatic heterocycles. The highest BCUT2D eigenvalue weighted by Crippen LogP contribution is 2.41. The molecule has 1 aromatic rings. The van der Waals surface area contributed by atoms with Crippen LogP contribution in [0.25, 0.3) is 0 Å². The van der Waals surface area contributed by atoms with Crippen LogP contribution in [-0.4, -0.2) is 35.6 Å². The zero-order chi connectivity index (χ0) is 23.4. The summed E-state index contributed by atoms with van der Waals surface area (Å²) < 4.78 is 5.53. The number of hydrogen-bond acceptors (Lipinski definition) is 3. The summed E-state index contributed by atoms with van der Waals surface area (Å²) in [6.45, 7) is 7.10. The summed E-state index contributed by atoms with van der Waals surface area (Å²) in [7, 11) is 0. The van der Waals surface area contributed by atoms with Crippen LogP contribution in [0, 0.1) is 17.8 Å². The lowest BCUT2D eigenvalue weighted by atomic mass is 9.71. The van der Waals surface area contributed by atoms with E-state index < -0.39 is 5.60 Å². The van der Waals surface area contributed by atoms with Gasteiger partial charge in [-0.15, -0.1) is 0 Å². The first-order valence-corrected chi connectivity index (χ1v) is 12.5. The van der Waals surface area contributed by atoms with E-state index >= 15 is 0 Å². The largest absolute Gasteiger partial charge is 0.444 e. The Morgan fingerprint density at radius 1 is 1.09 bits per heavy atom. The Hall–Kier alpha value is -2.56. The number of ether oxygens (including phenoxy) is 1. The molecular weight excluding hydrogens is 412 g/mol. The highest BCUT2D eigenvalue weighted by molar-refractivity contribution is 5.94. The van der Waals surface area contributed by atoms with Gasteiger partial charge >= 0.3 is 6.09 Å².